The van der Waals surface area contributed by atoms with E-state index in [0.717, 1.165) is 0 Å². The van der Waals surface area contributed by atoms with Gasteiger partial charge in [-0.2, -0.15) is 0 Å². The summed E-state index contributed by atoms with van der Waals surface area (Å²) in [5.41, 5.74) is -14.0. The van der Waals surface area contributed by atoms with Gasteiger partial charge in [-0.25, -0.2) is 0 Å². The third-order valence-electron chi connectivity index (χ3n) is 10.5. The molecule has 0 saturated heterocycles. The van der Waals surface area contributed by atoms with E-state index < -0.39 is 164 Å². The zero-order valence-electron chi connectivity index (χ0n) is 32.1. The summed E-state index contributed by atoms with van der Waals surface area (Å²) in [5.74, 6) is -105. The summed E-state index contributed by atoms with van der Waals surface area (Å²) in [5, 5.41) is -2.91. The van der Waals surface area contributed by atoms with Gasteiger partial charge in [0.2, 0.25) is 0 Å². The maximum absolute atomic E-state index is 15.7. The van der Waals surface area contributed by atoms with Crippen molar-refractivity contribution in [3.05, 3.63) is 41.3 Å². The van der Waals surface area contributed by atoms with Crippen molar-refractivity contribution in [1.29, 1.82) is 0 Å². The molecule has 0 bridgehead atoms. The summed E-state index contributed by atoms with van der Waals surface area (Å²) < 4.78 is 475. The molecule has 0 unspecified atom stereocenters. The molecule has 2 rings (SSSR count). The van der Waals surface area contributed by atoms with Gasteiger partial charge in [0.05, 0.1) is 0 Å². The number of hydrogen-bond acceptors (Lipinski definition) is 0. The Labute approximate surface area is 363 Å². The summed E-state index contributed by atoms with van der Waals surface area (Å²) in [6.07, 6.45) is -16.6. The first-order chi connectivity index (χ1) is 28.7. The first-order valence-corrected chi connectivity index (χ1v) is 25.2. The monoisotopic (exact) mass is 1170 g/mol. The van der Waals surface area contributed by atoms with E-state index in [9.17, 15) is 114 Å². The van der Waals surface area contributed by atoms with Gasteiger partial charge >= 0.3 is 363 Å². The van der Waals surface area contributed by atoms with E-state index in [1.54, 1.807) is 0 Å². The Morgan fingerprint density at radius 1 is 0.299 bits per heavy atom. The van der Waals surface area contributed by atoms with Gasteiger partial charge in [-0.3, -0.25) is 0 Å². The van der Waals surface area contributed by atoms with Crippen molar-refractivity contribution in [2.45, 2.75) is 134 Å². The Morgan fingerprint density at radius 3 is 0.672 bits per heavy atom. The molecule has 2 aliphatic carbocycles. The minimum absolute atomic E-state index is 0.212. The van der Waals surface area contributed by atoms with E-state index in [4.69, 9.17) is 0 Å². The predicted octanol–water partition coefficient (Wildman–Crippen LogP) is 15.1. The molecule has 0 aromatic carbocycles. The van der Waals surface area contributed by atoms with Crippen LogP contribution in [0.4, 0.5) is 149 Å². The zero-order valence-corrected chi connectivity index (χ0v) is 36.5. The Hall–Kier alpha value is -2.10. The van der Waals surface area contributed by atoms with Gasteiger partial charge in [0, 0.05) is 0 Å². The second-order valence-corrected chi connectivity index (χ2v) is 27.8. The summed E-state index contributed by atoms with van der Waals surface area (Å²) in [6.45, 7) is -0.977. The molecule has 37 heteroatoms. The van der Waals surface area contributed by atoms with Crippen LogP contribution in [0.5, 0.6) is 0 Å². The van der Waals surface area contributed by atoms with Crippen molar-refractivity contribution < 1.29 is 173 Å². The molecule has 0 N–H and O–H groups in total. The van der Waals surface area contributed by atoms with Gasteiger partial charge in [-0.05, 0) is 0 Å². The molecule has 2 aliphatic rings. The fraction of sp³-hybridized carbons (Fsp3) is 0.733. The summed E-state index contributed by atoms with van der Waals surface area (Å²) in [6, 6.07) is 0. The van der Waals surface area contributed by atoms with Gasteiger partial charge in [0.1, 0.15) is 0 Å². The molecule has 0 saturated carbocycles. The molecule has 0 atom stereocenters. The number of allylic oxidation sites excluding steroid dienone is 8. The molecule has 0 aromatic rings. The van der Waals surface area contributed by atoms with Crippen LogP contribution in [0.1, 0.15) is 12.8 Å². The van der Waals surface area contributed by atoms with Crippen molar-refractivity contribution in [2.24, 2.45) is 0 Å². The molecular weight excluding hydrogens is 1150 g/mol. The first kappa shape index (κ1) is 61.0. The normalized spacial score (nSPS) is 18.5. The second-order valence-electron chi connectivity index (χ2n) is 15.4. The zero-order chi connectivity index (χ0) is 54.3. The Kier molecular flexibility index (Phi) is 14.8. The molecular formula is C30H20F34Si2Zr. The van der Waals surface area contributed by atoms with E-state index >= 15 is 35.1 Å². The molecule has 0 spiro atoms. The number of hydrogen-bond donors (Lipinski definition) is 0. The summed E-state index contributed by atoms with van der Waals surface area (Å²) in [4.78, 5) is 0. The van der Waals surface area contributed by atoms with Crippen LogP contribution in [0.2, 0.25) is 26.2 Å². The van der Waals surface area contributed by atoms with E-state index in [1.165, 1.54) is 0 Å². The number of alkyl halides is 34. The van der Waals surface area contributed by atoms with Gasteiger partial charge in [0.15, 0.2) is 0 Å². The second kappa shape index (κ2) is 16.2. The predicted molar refractivity (Wildman–Crippen MR) is 158 cm³/mol. The third kappa shape index (κ3) is 7.74. The third-order valence-corrected chi connectivity index (χ3v) is 23.0. The Morgan fingerprint density at radius 2 is 0.478 bits per heavy atom. The molecule has 67 heavy (non-hydrogen) atoms. The van der Waals surface area contributed by atoms with Crippen molar-refractivity contribution >= 4 is 16.1 Å². The molecule has 390 valence electrons. The van der Waals surface area contributed by atoms with E-state index in [1.807, 2.05) is 0 Å². The van der Waals surface area contributed by atoms with Crippen LogP contribution >= 0.6 is 0 Å². The van der Waals surface area contributed by atoms with E-state index in [-0.39, 0.29) is 38.3 Å². The molecule has 0 fully saturated rings. The van der Waals surface area contributed by atoms with Crippen LogP contribution in [0.15, 0.2) is 41.3 Å². The van der Waals surface area contributed by atoms with Crippen LogP contribution < -0.4 is 0 Å². The van der Waals surface area contributed by atoms with Crippen LogP contribution in [-0.4, -0.2) is 111 Å². The van der Waals surface area contributed by atoms with Crippen LogP contribution in [0.25, 0.3) is 0 Å². The Balaban J connectivity index is 2.80. The molecule has 0 amide bonds. The fourth-order valence-electron chi connectivity index (χ4n) is 6.05. The number of rotatable bonds is 18. The first-order valence-electron chi connectivity index (χ1n) is 16.7. The SMILES string of the molecule is C[Si](C)(C1=[C]([Zr][C]2=C([Si](C)(C)C(F)(F)C(F)(F)C(F)(F)C(F)(F)C(F)(F)C(F)(F)C(F)(F)C(F)(F)F)C=CC2)CC=C1)C(F)(F)C(F)(F)C(F)(F)C(F)(F)C(F)(F)C(F)(F)C(F)(F)C(F)(F)F. The topological polar surface area (TPSA) is 0 Å². The Bertz CT molecular complexity index is 1880. The quantitative estimate of drug-likeness (QED) is 0.0948. The van der Waals surface area contributed by atoms with E-state index in [0.29, 0.717) is 12.2 Å². The average molecular weight is 1170 g/mol. The van der Waals surface area contributed by atoms with Gasteiger partial charge in [-0.15, -0.1) is 0 Å². The molecule has 0 nitrogen and oxygen atoms in total. The van der Waals surface area contributed by atoms with Crippen molar-refractivity contribution in [3.63, 3.8) is 0 Å². The summed E-state index contributed by atoms with van der Waals surface area (Å²) in [7, 11) is -12.9. The van der Waals surface area contributed by atoms with Crippen LogP contribution in [0, 0.1) is 0 Å². The average Bonchev–Trinajstić information content (AvgIpc) is 3.80. The van der Waals surface area contributed by atoms with Crippen molar-refractivity contribution in [3.8, 4) is 0 Å². The minimum atomic E-state index is -9.00. The van der Waals surface area contributed by atoms with Crippen LogP contribution in [-0.2, 0) is 23.2 Å². The molecule has 0 aromatic heterocycles. The fourth-order valence-corrected chi connectivity index (χ4v) is 19.8. The molecule has 0 heterocycles. The van der Waals surface area contributed by atoms with Crippen molar-refractivity contribution in [2.75, 3.05) is 0 Å². The van der Waals surface area contributed by atoms with Crippen molar-refractivity contribution in [1.82, 2.24) is 0 Å². The summed E-state index contributed by atoms with van der Waals surface area (Å²) >= 11 is -3.70. The molecule has 0 radical (unpaired) electrons. The van der Waals surface area contributed by atoms with Crippen LogP contribution in [0.3, 0.4) is 0 Å². The van der Waals surface area contributed by atoms with E-state index in [2.05, 4.69) is 0 Å². The number of halogens is 34. The van der Waals surface area contributed by atoms with Gasteiger partial charge < -0.3 is 0 Å². The maximum atomic E-state index is 15.7. The van der Waals surface area contributed by atoms with Gasteiger partial charge in [-0.1, -0.05) is 0 Å². The standard InChI is InChI=1S/2C15H10F17Si.Zr/c2*1-33(2,7-5-3-4-6-7)15(31,32)13(26,27)11(22,23)9(18,19)8(16,17)10(20,21)12(24,25)14(28,29)30;/h2*3,5H,4H2,1-2H3;. The molecule has 0 aliphatic heterocycles. The van der Waals surface area contributed by atoms with Gasteiger partial charge in [0.25, 0.3) is 0 Å².